The predicted octanol–water partition coefficient (Wildman–Crippen LogP) is 3.13. The Labute approximate surface area is 197 Å². The largest absolute Gasteiger partial charge is 0.497 e. The van der Waals surface area contributed by atoms with Crippen molar-refractivity contribution in [3.05, 3.63) is 58.3 Å². The molecule has 0 radical (unpaired) electrons. The molecule has 10 heteroatoms. The van der Waals surface area contributed by atoms with Crippen LogP contribution in [-0.4, -0.2) is 41.0 Å². The summed E-state index contributed by atoms with van der Waals surface area (Å²) >= 11 is 1.71. The van der Waals surface area contributed by atoms with Crippen molar-refractivity contribution in [3.63, 3.8) is 0 Å². The Morgan fingerprint density at radius 1 is 1.13 bits per heavy atom. The lowest BCUT2D eigenvalue weighted by Crippen LogP contribution is -2.39. The number of hydrogen-bond donors (Lipinski definition) is 2. The Bertz CT molecular complexity index is 912. The van der Waals surface area contributed by atoms with Crippen LogP contribution in [0.25, 0.3) is 0 Å². The first-order valence-electron chi connectivity index (χ1n) is 9.32. The van der Waals surface area contributed by atoms with Gasteiger partial charge < -0.3 is 24.7 Å². The SMILES string of the molecule is COc1ccc(OCCNC(=NCc2nnc(C)n2C)NCc2cccs2)cc1.I. The zero-order chi connectivity index (χ0) is 20.5. The molecule has 30 heavy (non-hydrogen) atoms. The molecule has 1 aromatic carbocycles. The van der Waals surface area contributed by atoms with E-state index in [-0.39, 0.29) is 24.0 Å². The Kier molecular flexibility index (Phi) is 9.87. The number of nitrogens with one attached hydrogen (secondary N) is 2. The van der Waals surface area contributed by atoms with Crippen LogP contribution in [0.15, 0.2) is 46.8 Å². The maximum atomic E-state index is 5.77. The van der Waals surface area contributed by atoms with Crippen LogP contribution < -0.4 is 20.1 Å². The fourth-order valence-electron chi connectivity index (χ4n) is 2.51. The molecule has 0 saturated heterocycles. The zero-order valence-corrected chi connectivity index (χ0v) is 20.4. The van der Waals surface area contributed by atoms with Crippen molar-refractivity contribution >= 4 is 41.3 Å². The standard InChI is InChI=1S/C20H26N6O2S.HI/c1-15-24-25-19(26(15)2)14-23-20(22-13-18-5-4-12-29-18)21-10-11-28-17-8-6-16(27-3)7-9-17;/h4-9,12H,10-11,13-14H2,1-3H3,(H2,21,22,23);1H. The maximum absolute atomic E-state index is 5.77. The minimum Gasteiger partial charge on any atom is -0.497 e. The van der Waals surface area contributed by atoms with Gasteiger partial charge in [0.1, 0.15) is 30.5 Å². The summed E-state index contributed by atoms with van der Waals surface area (Å²) in [6, 6.07) is 11.7. The van der Waals surface area contributed by atoms with E-state index in [1.54, 1.807) is 18.4 Å². The topological polar surface area (TPSA) is 85.6 Å². The van der Waals surface area contributed by atoms with Crippen LogP contribution in [0.4, 0.5) is 0 Å². The van der Waals surface area contributed by atoms with Gasteiger partial charge in [-0.05, 0) is 42.6 Å². The van der Waals surface area contributed by atoms with E-state index in [1.165, 1.54) is 4.88 Å². The molecule has 0 spiro atoms. The summed E-state index contributed by atoms with van der Waals surface area (Å²) in [6.45, 7) is 4.19. The van der Waals surface area contributed by atoms with Crippen LogP contribution in [0, 0.1) is 6.92 Å². The highest BCUT2D eigenvalue weighted by Crippen LogP contribution is 2.16. The number of guanidine groups is 1. The van der Waals surface area contributed by atoms with Gasteiger partial charge in [0, 0.05) is 11.9 Å². The molecule has 2 N–H and O–H groups in total. The number of nitrogens with zero attached hydrogens (tertiary/aromatic N) is 4. The van der Waals surface area contributed by atoms with Crippen LogP contribution in [0.2, 0.25) is 0 Å². The maximum Gasteiger partial charge on any atom is 0.192 e. The summed E-state index contributed by atoms with van der Waals surface area (Å²) in [5, 5.41) is 17.0. The summed E-state index contributed by atoms with van der Waals surface area (Å²) in [5.74, 6) is 3.99. The van der Waals surface area contributed by atoms with E-state index in [4.69, 9.17) is 9.47 Å². The number of aliphatic imine (C=N–C) groups is 1. The Hall–Kier alpha value is -2.34. The molecule has 0 saturated carbocycles. The third kappa shape index (κ3) is 7.17. The van der Waals surface area contributed by atoms with Crippen molar-refractivity contribution in [3.8, 4) is 11.5 Å². The van der Waals surface area contributed by atoms with Crippen molar-refractivity contribution in [1.82, 2.24) is 25.4 Å². The van der Waals surface area contributed by atoms with Crippen LogP contribution in [0.5, 0.6) is 11.5 Å². The average molecular weight is 542 g/mol. The normalized spacial score (nSPS) is 11.0. The third-order valence-electron chi connectivity index (χ3n) is 4.29. The van der Waals surface area contributed by atoms with Gasteiger partial charge in [-0.2, -0.15) is 0 Å². The van der Waals surface area contributed by atoms with Gasteiger partial charge in [0.15, 0.2) is 11.8 Å². The number of halogens is 1. The molecule has 0 amide bonds. The minimum atomic E-state index is 0. The van der Waals surface area contributed by atoms with E-state index in [0.717, 1.165) is 23.1 Å². The Morgan fingerprint density at radius 3 is 2.53 bits per heavy atom. The molecule has 0 aliphatic heterocycles. The number of thiophene rings is 1. The zero-order valence-electron chi connectivity index (χ0n) is 17.3. The highest BCUT2D eigenvalue weighted by Gasteiger charge is 2.06. The number of ether oxygens (including phenoxy) is 2. The van der Waals surface area contributed by atoms with E-state index >= 15 is 0 Å². The van der Waals surface area contributed by atoms with Gasteiger partial charge in [-0.3, -0.25) is 0 Å². The van der Waals surface area contributed by atoms with Crippen LogP contribution in [0.1, 0.15) is 16.5 Å². The summed E-state index contributed by atoms with van der Waals surface area (Å²) in [5.41, 5.74) is 0. The van der Waals surface area contributed by atoms with Crippen molar-refractivity contribution in [1.29, 1.82) is 0 Å². The average Bonchev–Trinajstić information content (AvgIpc) is 3.38. The molecule has 8 nitrogen and oxygen atoms in total. The lowest BCUT2D eigenvalue weighted by atomic mass is 10.3. The second-order valence-corrected chi connectivity index (χ2v) is 7.30. The summed E-state index contributed by atoms with van der Waals surface area (Å²) in [7, 11) is 3.58. The highest BCUT2D eigenvalue weighted by molar-refractivity contribution is 14.0. The fourth-order valence-corrected chi connectivity index (χ4v) is 3.15. The first-order valence-corrected chi connectivity index (χ1v) is 10.2. The molecule has 162 valence electrons. The molecule has 0 unspecified atom stereocenters. The summed E-state index contributed by atoms with van der Waals surface area (Å²) in [4.78, 5) is 5.88. The minimum absolute atomic E-state index is 0. The van der Waals surface area contributed by atoms with Crippen molar-refractivity contribution in [2.24, 2.45) is 12.0 Å². The van der Waals surface area contributed by atoms with Gasteiger partial charge in [0.05, 0.1) is 20.2 Å². The number of benzene rings is 1. The van der Waals surface area contributed by atoms with E-state index < -0.39 is 0 Å². The number of hydrogen-bond acceptors (Lipinski definition) is 6. The molecular formula is C20H27IN6O2S. The second kappa shape index (κ2) is 12.4. The van der Waals surface area contributed by atoms with E-state index in [2.05, 4.69) is 37.3 Å². The molecule has 0 aliphatic carbocycles. The van der Waals surface area contributed by atoms with Gasteiger partial charge in [-0.25, -0.2) is 4.99 Å². The first kappa shape index (κ1) is 23.9. The molecule has 0 bridgehead atoms. The lowest BCUT2D eigenvalue weighted by molar-refractivity contribution is 0.321. The lowest BCUT2D eigenvalue weighted by Gasteiger charge is -2.13. The monoisotopic (exact) mass is 542 g/mol. The van der Waals surface area contributed by atoms with Gasteiger partial charge in [0.25, 0.3) is 0 Å². The second-order valence-electron chi connectivity index (χ2n) is 6.27. The summed E-state index contributed by atoms with van der Waals surface area (Å²) < 4.78 is 12.9. The molecular weight excluding hydrogens is 515 g/mol. The van der Waals surface area contributed by atoms with Crippen LogP contribution >= 0.6 is 35.3 Å². The molecule has 0 aliphatic rings. The van der Waals surface area contributed by atoms with Crippen LogP contribution in [-0.2, 0) is 20.1 Å². The quantitative estimate of drug-likeness (QED) is 0.187. The highest BCUT2D eigenvalue weighted by atomic mass is 127. The molecule has 2 heterocycles. The Morgan fingerprint density at radius 2 is 1.90 bits per heavy atom. The fraction of sp³-hybridized carbons (Fsp3) is 0.350. The van der Waals surface area contributed by atoms with Gasteiger partial charge in [0.2, 0.25) is 0 Å². The molecule has 0 atom stereocenters. The van der Waals surface area contributed by atoms with E-state index in [1.807, 2.05) is 48.9 Å². The predicted molar refractivity (Wildman–Crippen MR) is 130 cm³/mol. The summed E-state index contributed by atoms with van der Waals surface area (Å²) in [6.07, 6.45) is 0. The molecule has 2 aromatic heterocycles. The third-order valence-corrected chi connectivity index (χ3v) is 5.17. The van der Waals surface area contributed by atoms with E-state index in [0.29, 0.717) is 32.2 Å². The van der Waals surface area contributed by atoms with Crippen molar-refractivity contribution in [2.45, 2.75) is 20.0 Å². The van der Waals surface area contributed by atoms with Crippen LogP contribution in [0.3, 0.4) is 0 Å². The van der Waals surface area contributed by atoms with Gasteiger partial charge >= 0.3 is 0 Å². The smallest absolute Gasteiger partial charge is 0.192 e. The molecule has 0 fully saturated rings. The number of aromatic nitrogens is 3. The number of rotatable bonds is 9. The number of aryl methyl sites for hydroxylation is 1. The van der Waals surface area contributed by atoms with Crippen molar-refractivity contribution in [2.75, 3.05) is 20.3 Å². The number of methoxy groups -OCH3 is 1. The van der Waals surface area contributed by atoms with Crippen molar-refractivity contribution < 1.29 is 9.47 Å². The molecule has 3 aromatic rings. The Balaban J connectivity index is 0.00000320. The molecule has 3 rings (SSSR count). The first-order chi connectivity index (χ1) is 14.2. The van der Waals surface area contributed by atoms with E-state index in [9.17, 15) is 0 Å². The van der Waals surface area contributed by atoms with Gasteiger partial charge in [-0.15, -0.1) is 45.5 Å². The van der Waals surface area contributed by atoms with Gasteiger partial charge in [-0.1, -0.05) is 6.07 Å².